The maximum atomic E-state index is 13.0. The molecule has 1 N–H and O–H groups in total. The van der Waals surface area contributed by atoms with Crippen molar-refractivity contribution >= 4 is 62.4 Å². The number of H-pyrrole nitrogens is 1. The molecule has 0 fully saturated rings. The van der Waals surface area contributed by atoms with E-state index in [0.717, 1.165) is 47.1 Å². The van der Waals surface area contributed by atoms with Gasteiger partial charge >= 0.3 is 0 Å². The second-order valence-corrected chi connectivity index (χ2v) is 7.59. The molecule has 1 aliphatic carbocycles. The fraction of sp³-hybridized carbons (Fsp3) is 0.450. The number of aromatic amines is 1. The smallest absolute Gasteiger partial charge is 0.230 e. The fourth-order valence-corrected chi connectivity index (χ4v) is 4.65. The van der Waals surface area contributed by atoms with Gasteiger partial charge in [-0.2, -0.15) is 0 Å². The van der Waals surface area contributed by atoms with Crippen molar-refractivity contribution in [1.82, 2.24) is 14.8 Å². The lowest BCUT2D eigenvalue weighted by atomic mass is 9.72. The molecule has 2 aliphatic rings. The molecule has 2 heterocycles. The van der Waals surface area contributed by atoms with Crippen LogP contribution in [0.5, 0.6) is 0 Å². The summed E-state index contributed by atoms with van der Waals surface area (Å²) in [5.74, 6) is 0.0182. The molecular formula is C20H22B3N3O. The lowest BCUT2D eigenvalue weighted by Crippen LogP contribution is -2.48. The standard InChI is InChI=1S/C20H22B3N3O/c1-4-26(5-2)20(27)10-6-11-12-7-14(21)17(22)18-16(12)13(19(23)24-18)8-15(11)25(3)9-10/h6-7,10,15,24H,4-5,8-9H2,1-3H3/t10-,15?/m1/s1. The molecule has 7 heteroatoms. The lowest BCUT2D eigenvalue weighted by molar-refractivity contribution is -0.134. The number of carbonyl (C=O) groups excluding carboxylic acids is 1. The summed E-state index contributed by atoms with van der Waals surface area (Å²) < 4.78 is 0. The van der Waals surface area contributed by atoms with E-state index in [1.54, 1.807) is 0 Å². The van der Waals surface area contributed by atoms with Crippen LogP contribution >= 0.6 is 0 Å². The molecule has 2 aromatic rings. The van der Waals surface area contributed by atoms with E-state index >= 15 is 0 Å². The number of hydrogen-bond donors (Lipinski definition) is 1. The average Bonchev–Trinajstić information content (AvgIpc) is 2.98. The summed E-state index contributed by atoms with van der Waals surface area (Å²) in [7, 11) is 20.7. The van der Waals surface area contributed by atoms with Crippen molar-refractivity contribution < 1.29 is 4.79 Å². The number of aromatic nitrogens is 1. The van der Waals surface area contributed by atoms with Gasteiger partial charge in [-0.15, -0.1) is 5.46 Å². The molecule has 4 nitrogen and oxygen atoms in total. The zero-order chi connectivity index (χ0) is 19.5. The second kappa shape index (κ2) is 6.63. The van der Waals surface area contributed by atoms with Crippen LogP contribution in [-0.4, -0.2) is 77.0 Å². The number of rotatable bonds is 3. The first-order valence-electron chi connectivity index (χ1n) is 9.56. The van der Waals surface area contributed by atoms with Crippen molar-refractivity contribution in [3.05, 3.63) is 23.3 Å². The summed E-state index contributed by atoms with van der Waals surface area (Å²) in [5.41, 5.74) is 5.80. The van der Waals surface area contributed by atoms with E-state index in [4.69, 9.17) is 23.5 Å². The quantitative estimate of drug-likeness (QED) is 0.741. The van der Waals surface area contributed by atoms with Gasteiger partial charge in [0.25, 0.3) is 0 Å². The van der Waals surface area contributed by atoms with Crippen LogP contribution in [-0.2, 0) is 11.2 Å². The molecular weight excluding hydrogens is 331 g/mol. The van der Waals surface area contributed by atoms with Gasteiger partial charge in [-0.1, -0.05) is 17.6 Å². The lowest BCUT2D eigenvalue weighted by Gasteiger charge is -2.40. The molecule has 1 aromatic carbocycles. The molecule has 1 amide bonds. The number of amides is 1. The number of nitrogens with one attached hydrogen (secondary N) is 1. The first-order valence-corrected chi connectivity index (χ1v) is 9.56. The Morgan fingerprint density at radius 2 is 2.00 bits per heavy atom. The number of fused-ring (bicyclic) bond motifs is 2. The number of benzene rings is 1. The van der Waals surface area contributed by atoms with Crippen molar-refractivity contribution in [3.8, 4) is 0 Å². The summed E-state index contributed by atoms with van der Waals surface area (Å²) in [4.78, 5) is 20.3. The molecule has 0 saturated carbocycles. The zero-order valence-electron chi connectivity index (χ0n) is 16.2. The number of hydrogen-bond acceptors (Lipinski definition) is 2. The minimum absolute atomic E-state index is 0.159. The Balaban J connectivity index is 1.89. The molecule has 1 aliphatic heterocycles. The van der Waals surface area contributed by atoms with Crippen LogP contribution in [0.25, 0.3) is 16.5 Å². The van der Waals surface area contributed by atoms with Crippen LogP contribution in [0, 0.1) is 5.92 Å². The molecule has 27 heavy (non-hydrogen) atoms. The first-order chi connectivity index (χ1) is 12.9. The van der Waals surface area contributed by atoms with Crippen LogP contribution in [0.15, 0.2) is 12.1 Å². The highest BCUT2D eigenvalue weighted by Gasteiger charge is 2.37. The van der Waals surface area contributed by atoms with Crippen LogP contribution in [0.3, 0.4) is 0 Å². The molecule has 2 atom stereocenters. The zero-order valence-corrected chi connectivity index (χ0v) is 16.2. The Hall–Kier alpha value is -1.88. The van der Waals surface area contributed by atoms with Crippen LogP contribution in [0.2, 0.25) is 0 Å². The van der Waals surface area contributed by atoms with Gasteiger partial charge < -0.3 is 9.88 Å². The van der Waals surface area contributed by atoms with Crippen molar-refractivity contribution in [2.75, 3.05) is 26.7 Å². The maximum absolute atomic E-state index is 13.0. The highest BCUT2D eigenvalue weighted by atomic mass is 16.2. The van der Waals surface area contributed by atoms with E-state index in [0.29, 0.717) is 23.1 Å². The summed E-state index contributed by atoms with van der Waals surface area (Å²) >= 11 is 0. The third-order valence-electron chi connectivity index (χ3n) is 6.14. The fourth-order valence-electron chi connectivity index (χ4n) is 4.65. The van der Waals surface area contributed by atoms with Gasteiger partial charge in [0.15, 0.2) is 0 Å². The number of carbonyl (C=O) groups is 1. The van der Waals surface area contributed by atoms with E-state index < -0.39 is 0 Å². The number of likely N-dealkylation sites (N-methyl/N-ethyl adjacent to an activating group) is 1. The van der Waals surface area contributed by atoms with E-state index in [1.807, 2.05) is 24.8 Å². The minimum atomic E-state index is -0.159. The van der Waals surface area contributed by atoms with Crippen LogP contribution in [0.4, 0.5) is 0 Å². The molecule has 0 spiro atoms. The third-order valence-corrected chi connectivity index (χ3v) is 6.14. The van der Waals surface area contributed by atoms with Gasteiger partial charge in [0.05, 0.1) is 5.92 Å². The Morgan fingerprint density at radius 3 is 2.67 bits per heavy atom. The Bertz CT molecular complexity index is 961. The van der Waals surface area contributed by atoms with Crippen molar-refractivity contribution in [2.45, 2.75) is 26.3 Å². The van der Waals surface area contributed by atoms with Gasteiger partial charge in [0.1, 0.15) is 23.5 Å². The summed E-state index contributed by atoms with van der Waals surface area (Å²) in [6.45, 7) is 6.18. The normalized spacial score (nSPS) is 21.8. The SMILES string of the molecule is [B]c1cc2c3c(c([B])[nH]c3c1[B])CC1C2=C[C@@H](C(=O)N(CC)CC)CN1C. The first kappa shape index (κ1) is 18.5. The molecule has 1 aromatic heterocycles. The largest absolute Gasteiger partial charge is 0.368 e. The molecule has 0 bridgehead atoms. The molecule has 4 rings (SSSR count). The molecule has 1 unspecified atom stereocenters. The Kier molecular flexibility index (Phi) is 4.54. The minimum Gasteiger partial charge on any atom is -0.368 e. The Labute approximate surface area is 164 Å². The molecule has 132 valence electrons. The van der Waals surface area contributed by atoms with Gasteiger partial charge in [0.2, 0.25) is 5.91 Å². The average molecular weight is 353 g/mol. The number of nitrogens with zero attached hydrogens (tertiary/aromatic N) is 2. The van der Waals surface area contributed by atoms with Crippen molar-refractivity contribution in [2.24, 2.45) is 5.92 Å². The summed E-state index contributed by atoms with van der Waals surface area (Å²) in [5, 5.41) is 1.05. The van der Waals surface area contributed by atoms with Crippen molar-refractivity contribution in [1.29, 1.82) is 0 Å². The van der Waals surface area contributed by atoms with E-state index in [9.17, 15) is 4.79 Å². The van der Waals surface area contributed by atoms with Gasteiger partial charge in [-0.3, -0.25) is 9.69 Å². The monoisotopic (exact) mass is 353 g/mol. The summed E-state index contributed by atoms with van der Waals surface area (Å²) in [6.07, 6.45) is 2.94. The van der Waals surface area contributed by atoms with Crippen LogP contribution in [0.1, 0.15) is 25.0 Å². The highest BCUT2D eigenvalue weighted by Crippen LogP contribution is 2.39. The predicted octanol–water partition coefficient (Wildman–Crippen LogP) is -0.713. The van der Waals surface area contributed by atoms with Gasteiger partial charge in [-0.25, -0.2) is 0 Å². The van der Waals surface area contributed by atoms with E-state index in [2.05, 4.69) is 23.0 Å². The van der Waals surface area contributed by atoms with E-state index in [-0.39, 0.29) is 17.9 Å². The predicted molar refractivity (Wildman–Crippen MR) is 114 cm³/mol. The van der Waals surface area contributed by atoms with Crippen molar-refractivity contribution in [3.63, 3.8) is 0 Å². The molecule has 0 saturated heterocycles. The third kappa shape index (κ3) is 2.70. The van der Waals surface area contributed by atoms with Gasteiger partial charge in [0, 0.05) is 36.6 Å². The van der Waals surface area contributed by atoms with E-state index in [1.165, 1.54) is 0 Å². The van der Waals surface area contributed by atoms with Crippen LogP contribution < -0.4 is 16.5 Å². The maximum Gasteiger partial charge on any atom is 0.230 e. The van der Waals surface area contributed by atoms with Gasteiger partial charge in [-0.05, 0) is 49.6 Å². The Morgan fingerprint density at radius 1 is 1.30 bits per heavy atom. The summed E-state index contributed by atoms with van der Waals surface area (Å²) in [6, 6.07) is 2.12. The molecule has 6 radical (unpaired) electrons. The second-order valence-electron chi connectivity index (χ2n) is 7.59. The highest BCUT2D eigenvalue weighted by molar-refractivity contribution is 6.53. The topological polar surface area (TPSA) is 39.3 Å².